The van der Waals surface area contributed by atoms with Crippen molar-refractivity contribution in [2.24, 2.45) is 13.0 Å². The minimum absolute atomic E-state index is 0. The van der Waals surface area contributed by atoms with Crippen molar-refractivity contribution >= 4 is 18.3 Å². The predicted molar refractivity (Wildman–Crippen MR) is 102 cm³/mol. The summed E-state index contributed by atoms with van der Waals surface area (Å²) < 4.78 is 15.6. The van der Waals surface area contributed by atoms with E-state index in [0.29, 0.717) is 11.4 Å². The van der Waals surface area contributed by atoms with E-state index in [4.69, 9.17) is 0 Å². The summed E-state index contributed by atoms with van der Waals surface area (Å²) in [5.41, 5.74) is 7.01. The fourth-order valence-corrected chi connectivity index (χ4v) is 3.85. The number of aromatic nitrogens is 2. The first-order chi connectivity index (χ1) is 12.6. The first-order valence-electron chi connectivity index (χ1n) is 8.88. The van der Waals surface area contributed by atoms with Crippen LogP contribution in [-0.4, -0.2) is 40.6 Å². The van der Waals surface area contributed by atoms with E-state index in [2.05, 4.69) is 26.5 Å². The Morgan fingerprint density at radius 1 is 1.41 bits per heavy atom. The summed E-state index contributed by atoms with van der Waals surface area (Å²) in [6.07, 6.45) is 4.46. The van der Waals surface area contributed by atoms with Gasteiger partial charge in [-0.05, 0) is 30.7 Å². The summed E-state index contributed by atoms with van der Waals surface area (Å²) >= 11 is 0. The van der Waals surface area contributed by atoms with E-state index >= 15 is 0 Å². The maximum atomic E-state index is 13.8. The monoisotopic (exact) mass is 394 g/mol. The fourth-order valence-electron chi connectivity index (χ4n) is 3.85. The zero-order valence-corrected chi connectivity index (χ0v) is 15.8. The van der Waals surface area contributed by atoms with E-state index in [1.807, 2.05) is 17.8 Å². The lowest BCUT2D eigenvalue weighted by Gasteiger charge is -2.28. The van der Waals surface area contributed by atoms with E-state index in [1.165, 1.54) is 12.1 Å². The van der Waals surface area contributed by atoms with Crippen LogP contribution in [0.15, 0.2) is 36.7 Å². The van der Waals surface area contributed by atoms with Crippen LogP contribution < -0.4 is 21.5 Å². The number of hydrogen-bond donors (Lipinski definition) is 4. The van der Waals surface area contributed by atoms with Crippen LogP contribution in [0.2, 0.25) is 0 Å². The second-order valence-corrected chi connectivity index (χ2v) is 6.92. The molecule has 0 bridgehead atoms. The summed E-state index contributed by atoms with van der Waals surface area (Å²) in [4.78, 5) is 17.4. The van der Waals surface area contributed by atoms with Crippen molar-refractivity contribution in [1.29, 1.82) is 0 Å². The lowest BCUT2D eigenvalue weighted by molar-refractivity contribution is -0.124. The molecule has 4 N–H and O–H groups in total. The number of aryl methyl sites for hydroxylation is 1. The Kier molecular flexibility index (Phi) is 6.11. The van der Waals surface area contributed by atoms with Crippen LogP contribution in [0.4, 0.5) is 4.39 Å². The fraction of sp³-hybridized carbons (Fsp3) is 0.444. The highest BCUT2D eigenvalue weighted by Gasteiger charge is 2.41. The van der Waals surface area contributed by atoms with Crippen LogP contribution in [0.5, 0.6) is 0 Å². The number of hydrogen-bond acceptors (Lipinski definition) is 5. The van der Waals surface area contributed by atoms with Gasteiger partial charge in [0.25, 0.3) is 0 Å². The molecule has 0 saturated carbocycles. The molecule has 2 fully saturated rings. The van der Waals surface area contributed by atoms with E-state index in [1.54, 1.807) is 18.3 Å². The summed E-state index contributed by atoms with van der Waals surface area (Å²) in [7, 11) is 1.86. The van der Waals surface area contributed by atoms with Gasteiger partial charge in [-0.3, -0.25) is 10.2 Å². The molecule has 146 valence electrons. The van der Waals surface area contributed by atoms with Gasteiger partial charge in [-0.25, -0.2) is 14.8 Å². The molecule has 3 heterocycles. The molecule has 1 amide bonds. The molecule has 0 spiro atoms. The zero-order chi connectivity index (χ0) is 18.1. The highest BCUT2D eigenvalue weighted by molar-refractivity contribution is 5.85. The molecule has 2 aromatic rings. The molecular formula is C18H24ClFN6O. The first-order valence-corrected chi connectivity index (χ1v) is 8.88. The van der Waals surface area contributed by atoms with Gasteiger partial charge in [0.15, 0.2) is 0 Å². The predicted octanol–water partition coefficient (Wildman–Crippen LogP) is 0.641. The van der Waals surface area contributed by atoms with Gasteiger partial charge in [0.05, 0.1) is 0 Å². The Hall–Kier alpha value is -2.00. The number of piperidine rings is 1. The molecule has 4 rings (SSSR count). The Bertz CT molecular complexity index is 800. The minimum Gasteiger partial charge on any atom is -0.341 e. The molecule has 0 radical (unpaired) electrons. The molecule has 4 unspecified atom stereocenters. The summed E-state index contributed by atoms with van der Waals surface area (Å²) in [5, 5.41) is 6.40. The molecule has 2 saturated heterocycles. The largest absolute Gasteiger partial charge is 0.341 e. The molecule has 1 aromatic heterocycles. The van der Waals surface area contributed by atoms with Crippen molar-refractivity contribution in [3.8, 4) is 0 Å². The number of nitrogens with zero attached hydrogens (tertiary/aromatic N) is 2. The van der Waals surface area contributed by atoms with E-state index in [-0.39, 0.29) is 42.1 Å². The van der Waals surface area contributed by atoms with Gasteiger partial charge < -0.3 is 15.2 Å². The lowest BCUT2D eigenvalue weighted by Crippen LogP contribution is -2.50. The third kappa shape index (κ3) is 3.98. The van der Waals surface area contributed by atoms with Gasteiger partial charge in [0.1, 0.15) is 23.7 Å². The molecule has 2 aliphatic heterocycles. The van der Waals surface area contributed by atoms with Crippen molar-refractivity contribution in [2.75, 3.05) is 13.1 Å². The van der Waals surface area contributed by atoms with Gasteiger partial charge in [0.2, 0.25) is 5.91 Å². The average molecular weight is 395 g/mol. The van der Waals surface area contributed by atoms with Crippen LogP contribution in [0.25, 0.3) is 0 Å². The van der Waals surface area contributed by atoms with Crippen LogP contribution in [-0.2, 0) is 11.8 Å². The van der Waals surface area contributed by atoms with Crippen LogP contribution >= 0.6 is 12.4 Å². The minimum atomic E-state index is -0.518. The number of halogens is 2. The highest BCUT2D eigenvalue weighted by atomic mass is 35.5. The molecule has 9 heteroatoms. The number of imidazole rings is 1. The normalized spacial score (nSPS) is 25.3. The van der Waals surface area contributed by atoms with E-state index in [0.717, 1.165) is 19.5 Å². The second-order valence-electron chi connectivity index (χ2n) is 6.92. The number of carbonyl (C=O) groups excluding carboxylic acids is 1. The van der Waals surface area contributed by atoms with Gasteiger partial charge >= 0.3 is 0 Å². The molecule has 4 atom stereocenters. The summed E-state index contributed by atoms with van der Waals surface area (Å²) in [6.45, 7) is 1.74. The van der Waals surface area contributed by atoms with Gasteiger partial charge in [-0.15, -0.1) is 12.4 Å². The van der Waals surface area contributed by atoms with Crippen LogP contribution in [0.1, 0.15) is 23.9 Å². The number of nitrogens with one attached hydrogen (secondary N) is 4. The number of rotatable bonds is 4. The number of fused-ring (bicyclic) bond motifs is 1. The topological polar surface area (TPSA) is 83.0 Å². The van der Waals surface area contributed by atoms with Gasteiger partial charge in [-0.2, -0.15) is 0 Å². The van der Waals surface area contributed by atoms with Crippen molar-refractivity contribution in [3.63, 3.8) is 0 Å². The summed E-state index contributed by atoms with van der Waals surface area (Å²) in [6, 6.07) is 5.69. The quantitative estimate of drug-likeness (QED) is 0.612. The van der Waals surface area contributed by atoms with Crippen LogP contribution in [0, 0.1) is 11.7 Å². The second kappa shape index (κ2) is 8.35. The maximum absolute atomic E-state index is 13.8. The Labute approximate surface area is 163 Å². The van der Waals surface area contributed by atoms with Crippen molar-refractivity contribution < 1.29 is 9.18 Å². The third-order valence-corrected chi connectivity index (χ3v) is 5.25. The molecule has 2 aliphatic rings. The molecule has 27 heavy (non-hydrogen) atoms. The first kappa shape index (κ1) is 19.8. The van der Waals surface area contributed by atoms with Crippen molar-refractivity contribution in [1.82, 2.24) is 31.0 Å². The van der Waals surface area contributed by atoms with Crippen molar-refractivity contribution in [2.45, 2.75) is 24.5 Å². The van der Waals surface area contributed by atoms with Gasteiger partial charge in [-0.1, -0.05) is 12.1 Å². The molecular weight excluding hydrogens is 371 g/mol. The molecule has 0 aliphatic carbocycles. The lowest BCUT2D eigenvalue weighted by atomic mass is 9.89. The average Bonchev–Trinajstić information content (AvgIpc) is 3.26. The summed E-state index contributed by atoms with van der Waals surface area (Å²) in [5.74, 6) is 0.380. The number of carbonyl (C=O) groups is 1. The van der Waals surface area contributed by atoms with Crippen molar-refractivity contribution in [3.05, 3.63) is 53.9 Å². The number of benzene rings is 1. The van der Waals surface area contributed by atoms with E-state index < -0.39 is 6.04 Å². The number of hydrazine groups is 1. The number of amides is 1. The smallest absolute Gasteiger partial charge is 0.239 e. The highest BCUT2D eigenvalue weighted by Crippen LogP contribution is 2.24. The standard InChI is InChI=1S/C18H23FN6O.ClH/c1-25-8-7-21-17(25)15(11-3-2-4-12(19)9-11)22-18(26)16-13-10-20-6-5-14(13)23-24-16;/h2-4,7-9,13-16,20,23-24H,5-6,10H2,1H3,(H,22,26);1H. The van der Waals surface area contributed by atoms with Gasteiger partial charge in [0, 0.05) is 37.9 Å². The Morgan fingerprint density at radius 2 is 2.26 bits per heavy atom. The zero-order valence-electron chi connectivity index (χ0n) is 15.0. The molecule has 1 aromatic carbocycles. The SMILES string of the molecule is Cl.Cn1ccnc1C(NC(=O)C1NNC2CCNCC21)c1cccc(F)c1. The van der Waals surface area contributed by atoms with Crippen LogP contribution in [0.3, 0.4) is 0 Å². The third-order valence-electron chi connectivity index (χ3n) is 5.25. The maximum Gasteiger partial charge on any atom is 0.239 e. The van der Waals surface area contributed by atoms with E-state index in [9.17, 15) is 9.18 Å². The Morgan fingerprint density at radius 3 is 3.00 bits per heavy atom. The molecule has 7 nitrogen and oxygen atoms in total. The Balaban J connectivity index is 0.00000210.